The molecule has 1 aromatic carbocycles. The third-order valence-corrected chi connectivity index (χ3v) is 4.19. The molecule has 3 unspecified atom stereocenters. The molecule has 0 spiro atoms. The van der Waals surface area contributed by atoms with Crippen molar-refractivity contribution >= 4 is 5.78 Å². The molecule has 0 aliphatic heterocycles. The summed E-state index contributed by atoms with van der Waals surface area (Å²) >= 11 is 0. The summed E-state index contributed by atoms with van der Waals surface area (Å²) < 4.78 is 5.29. The zero-order valence-electron chi connectivity index (χ0n) is 11.1. The molecule has 0 saturated heterocycles. The zero-order chi connectivity index (χ0) is 13.2. The fraction of sp³-hybridized carbons (Fsp3) is 0.353. The Morgan fingerprint density at radius 1 is 1.16 bits per heavy atom. The second-order valence-electron chi connectivity index (χ2n) is 5.34. The molecule has 0 radical (unpaired) electrons. The Kier molecular flexibility index (Phi) is 3.24. The van der Waals surface area contributed by atoms with Crippen molar-refractivity contribution in [1.29, 1.82) is 0 Å². The van der Waals surface area contributed by atoms with E-state index in [0.29, 0.717) is 30.5 Å². The molecule has 19 heavy (non-hydrogen) atoms. The number of hydrogen-bond donors (Lipinski definition) is 0. The molecule has 0 aromatic heterocycles. The van der Waals surface area contributed by atoms with E-state index in [2.05, 4.69) is 36.4 Å². The van der Waals surface area contributed by atoms with Gasteiger partial charge in [-0.3, -0.25) is 4.79 Å². The molecule has 1 saturated carbocycles. The van der Waals surface area contributed by atoms with Crippen LogP contribution in [0.4, 0.5) is 0 Å². The van der Waals surface area contributed by atoms with Gasteiger partial charge in [0, 0.05) is 12.8 Å². The van der Waals surface area contributed by atoms with Crippen molar-refractivity contribution in [2.75, 3.05) is 7.11 Å². The van der Waals surface area contributed by atoms with Crippen molar-refractivity contribution in [3.8, 4) is 5.75 Å². The number of ether oxygens (including phenoxy) is 1. The molecular formula is C17H18O2. The van der Waals surface area contributed by atoms with Crippen molar-refractivity contribution in [2.24, 2.45) is 11.8 Å². The minimum absolute atomic E-state index is 0.280. The van der Waals surface area contributed by atoms with E-state index in [1.54, 1.807) is 7.11 Å². The van der Waals surface area contributed by atoms with Crippen LogP contribution in [0.5, 0.6) is 5.75 Å². The highest BCUT2D eigenvalue weighted by atomic mass is 16.5. The molecule has 0 heterocycles. The van der Waals surface area contributed by atoms with Gasteiger partial charge >= 0.3 is 0 Å². The van der Waals surface area contributed by atoms with Gasteiger partial charge in [-0.1, -0.05) is 36.4 Å². The third kappa shape index (κ3) is 2.35. The summed E-state index contributed by atoms with van der Waals surface area (Å²) in [5.41, 5.74) is 1.21. The summed E-state index contributed by atoms with van der Waals surface area (Å²) in [7, 11) is 1.68. The molecule has 1 aromatic rings. The van der Waals surface area contributed by atoms with E-state index < -0.39 is 0 Å². The Hall–Kier alpha value is -1.83. The summed E-state index contributed by atoms with van der Waals surface area (Å²) in [4.78, 5) is 12.0. The van der Waals surface area contributed by atoms with E-state index in [1.165, 1.54) is 5.56 Å². The first-order valence-electron chi connectivity index (χ1n) is 6.78. The number of Topliss-reactive ketones (excluding diaryl/α,β-unsaturated/α-hetero) is 1. The van der Waals surface area contributed by atoms with Crippen LogP contribution in [-0.4, -0.2) is 12.9 Å². The minimum atomic E-state index is 0.280. The molecule has 3 atom stereocenters. The first-order chi connectivity index (χ1) is 9.28. The average molecular weight is 254 g/mol. The summed E-state index contributed by atoms with van der Waals surface area (Å²) in [6, 6.07) is 8.12. The molecule has 0 amide bonds. The lowest BCUT2D eigenvalue weighted by Crippen LogP contribution is -2.30. The number of hydrogen-bond acceptors (Lipinski definition) is 2. The van der Waals surface area contributed by atoms with Crippen LogP contribution in [0.15, 0.2) is 48.6 Å². The van der Waals surface area contributed by atoms with Gasteiger partial charge in [-0.25, -0.2) is 0 Å². The van der Waals surface area contributed by atoms with E-state index in [-0.39, 0.29) is 5.92 Å². The average Bonchev–Trinajstić information content (AvgIpc) is 2.46. The fourth-order valence-corrected chi connectivity index (χ4v) is 3.25. The molecular weight excluding hydrogens is 236 g/mol. The number of carbonyl (C=O) groups excluding carboxylic acids is 1. The van der Waals surface area contributed by atoms with Gasteiger partial charge in [0.15, 0.2) is 0 Å². The Labute approximate surface area is 113 Å². The van der Waals surface area contributed by atoms with E-state index in [4.69, 9.17) is 4.74 Å². The van der Waals surface area contributed by atoms with Crippen LogP contribution < -0.4 is 4.74 Å². The van der Waals surface area contributed by atoms with Crippen molar-refractivity contribution in [3.63, 3.8) is 0 Å². The van der Waals surface area contributed by atoms with Gasteiger partial charge in [-0.2, -0.15) is 0 Å². The van der Waals surface area contributed by atoms with Crippen molar-refractivity contribution in [2.45, 2.75) is 18.8 Å². The van der Waals surface area contributed by atoms with Gasteiger partial charge in [0.2, 0.25) is 0 Å². The van der Waals surface area contributed by atoms with E-state index in [0.717, 1.165) is 5.75 Å². The Bertz CT molecular complexity index is 542. The van der Waals surface area contributed by atoms with Crippen LogP contribution in [0.25, 0.3) is 0 Å². The maximum Gasteiger partial charge on any atom is 0.134 e. The highest BCUT2D eigenvalue weighted by Crippen LogP contribution is 2.43. The normalized spacial score (nSPS) is 29.1. The van der Waals surface area contributed by atoms with Gasteiger partial charge < -0.3 is 4.74 Å². The number of ketones is 1. The molecule has 0 N–H and O–H groups in total. The van der Waals surface area contributed by atoms with Crippen LogP contribution in [0.3, 0.4) is 0 Å². The van der Waals surface area contributed by atoms with Crippen LogP contribution in [0.2, 0.25) is 0 Å². The van der Waals surface area contributed by atoms with E-state index in [1.807, 2.05) is 12.1 Å². The van der Waals surface area contributed by atoms with Crippen molar-refractivity contribution in [3.05, 3.63) is 54.1 Å². The lowest BCUT2D eigenvalue weighted by Gasteiger charge is -2.36. The SMILES string of the molecule is COc1cccc(C2CC(=O)CC3C=CC=CC32)c1. The largest absolute Gasteiger partial charge is 0.497 e. The molecule has 2 nitrogen and oxygen atoms in total. The Morgan fingerprint density at radius 2 is 2.00 bits per heavy atom. The molecule has 1 fully saturated rings. The second kappa shape index (κ2) is 5.04. The van der Waals surface area contributed by atoms with Gasteiger partial charge in [0.05, 0.1) is 7.11 Å². The minimum Gasteiger partial charge on any atom is -0.497 e. The summed E-state index contributed by atoms with van der Waals surface area (Å²) in [5.74, 6) is 2.32. The van der Waals surface area contributed by atoms with Crippen LogP contribution >= 0.6 is 0 Å². The van der Waals surface area contributed by atoms with Crippen molar-refractivity contribution in [1.82, 2.24) is 0 Å². The smallest absolute Gasteiger partial charge is 0.134 e. The number of fused-ring (bicyclic) bond motifs is 1. The maximum atomic E-state index is 12.0. The monoisotopic (exact) mass is 254 g/mol. The standard InChI is InChI=1S/C17H18O2/c1-19-15-7-4-6-13(10-15)17-11-14(18)9-12-5-2-3-8-16(12)17/h2-8,10,12,16-17H,9,11H2,1H3. The topological polar surface area (TPSA) is 26.3 Å². The second-order valence-corrected chi connectivity index (χ2v) is 5.34. The number of allylic oxidation sites excluding steroid dienone is 4. The van der Waals surface area contributed by atoms with Gasteiger partial charge in [-0.05, 0) is 35.4 Å². The third-order valence-electron chi connectivity index (χ3n) is 4.19. The van der Waals surface area contributed by atoms with Crippen molar-refractivity contribution < 1.29 is 9.53 Å². The van der Waals surface area contributed by atoms with Crippen LogP contribution in [0.1, 0.15) is 24.3 Å². The van der Waals surface area contributed by atoms with Crippen LogP contribution in [-0.2, 0) is 4.79 Å². The first-order valence-corrected chi connectivity index (χ1v) is 6.78. The predicted molar refractivity (Wildman–Crippen MR) is 75.2 cm³/mol. The molecule has 3 rings (SSSR count). The first kappa shape index (κ1) is 12.2. The van der Waals surface area contributed by atoms with Gasteiger partial charge in [-0.15, -0.1) is 0 Å². The number of carbonyl (C=O) groups is 1. The molecule has 2 aliphatic carbocycles. The predicted octanol–water partition coefficient (Wildman–Crippen LogP) is 3.50. The zero-order valence-corrected chi connectivity index (χ0v) is 11.1. The summed E-state index contributed by atoms with van der Waals surface area (Å²) in [6.07, 6.45) is 9.92. The molecule has 0 bridgehead atoms. The van der Waals surface area contributed by atoms with E-state index in [9.17, 15) is 4.79 Å². The van der Waals surface area contributed by atoms with E-state index >= 15 is 0 Å². The maximum absolute atomic E-state index is 12.0. The summed E-state index contributed by atoms with van der Waals surface area (Å²) in [6.45, 7) is 0. The lowest BCUT2D eigenvalue weighted by atomic mass is 9.67. The quantitative estimate of drug-likeness (QED) is 0.807. The van der Waals surface area contributed by atoms with Gasteiger partial charge in [0.25, 0.3) is 0 Å². The van der Waals surface area contributed by atoms with Gasteiger partial charge in [0.1, 0.15) is 11.5 Å². The molecule has 2 aliphatic rings. The number of rotatable bonds is 2. The highest BCUT2D eigenvalue weighted by Gasteiger charge is 2.35. The molecule has 98 valence electrons. The Morgan fingerprint density at radius 3 is 2.84 bits per heavy atom. The lowest BCUT2D eigenvalue weighted by molar-refractivity contribution is -0.122. The summed E-state index contributed by atoms with van der Waals surface area (Å²) in [5, 5.41) is 0. The Balaban J connectivity index is 1.94. The fourth-order valence-electron chi connectivity index (χ4n) is 3.25. The van der Waals surface area contributed by atoms with Crippen LogP contribution in [0, 0.1) is 11.8 Å². The molecule has 2 heteroatoms. The highest BCUT2D eigenvalue weighted by molar-refractivity contribution is 5.81. The number of benzene rings is 1. The number of methoxy groups -OCH3 is 1.